The smallest absolute Gasteiger partial charge is 0.268 e. The minimum atomic E-state index is -2.95. The Morgan fingerprint density at radius 2 is 1.97 bits per heavy atom. The Morgan fingerprint density at radius 3 is 2.55 bits per heavy atom. The Morgan fingerprint density at radius 1 is 1.26 bits per heavy atom. The van der Waals surface area contributed by atoms with E-state index < -0.39 is 53.9 Å². The monoisotopic (exact) mass is 551 g/mol. The molecule has 4 atom stereocenters. The number of amides is 3. The summed E-state index contributed by atoms with van der Waals surface area (Å²) < 4.78 is 47.0. The van der Waals surface area contributed by atoms with Crippen molar-refractivity contribution >= 4 is 40.2 Å². The zero-order chi connectivity index (χ0) is 27.4. The molecule has 4 N–H and O–H groups in total. The highest BCUT2D eigenvalue weighted by atomic mass is 35.5. The van der Waals surface area contributed by atoms with Gasteiger partial charge in [-0.1, -0.05) is 11.6 Å². The number of aromatic amines is 1. The van der Waals surface area contributed by atoms with E-state index in [1.54, 1.807) is 0 Å². The van der Waals surface area contributed by atoms with E-state index in [1.165, 1.54) is 13.2 Å². The van der Waals surface area contributed by atoms with Crippen LogP contribution in [0.4, 0.5) is 13.2 Å². The number of ether oxygens (including phenoxy) is 1. The second kappa shape index (κ2) is 9.38. The topological polar surface area (TPSA) is 136 Å². The van der Waals surface area contributed by atoms with Crippen molar-refractivity contribution in [2.75, 3.05) is 7.11 Å². The zero-order valence-electron chi connectivity index (χ0n) is 20.3. The summed E-state index contributed by atoms with van der Waals surface area (Å²) in [5, 5.41) is 17.6. The standard InChI is InChI=1S/C25H25ClF3N5O4/c1-38-20-14-6-18(32-19(14)16(27)7-15(20)26)23(37)33-17(5-12-9-25(12,28)29)22(36)31-13(10-30)4-11-8-24(2-3-24)34-21(11)35/h6-7,11-13,17,32H,2-5,8-9H2,1H3,(H,31,36)(H,33,37)(H,34,35)/t11-,12?,13+,17+/m1/s1. The van der Waals surface area contributed by atoms with Crippen LogP contribution in [0.15, 0.2) is 12.1 Å². The van der Waals surface area contributed by atoms with Crippen LogP contribution in [0.2, 0.25) is 5.02 Å². The third kappa shape index (κ3) is 4.99. The maximum atomic E-state index is 14.4. The van der Waals surface area contributed by atoms with Crippen molar-refractivity contribution in [3.63, 3.8) is 0 Å². The molecule has 13 heteroatoms. The summed E-state index contributed by atoms with van der Waals surface area (Å²) in [4.78, 5) is 41.0. The van der Waals surface area contributed by atoms with Gasteiger partial charge in [-0.3, -0.25) is 14.4 Å². The number of H-pyrrole nitrogens is 1. The Kier molecular flexibility index (Phi) is 6.46. The molecule has 3 aliphatic rings. The van der Waals surface area contributed by atoms with E-state index in [9.17, 15) is 32.8 Å². The highest BCUT2D eigenvalue weighted by Gasteiger charge is 2.58. The molecular weight excluding hydrogens is 527 g/mol. The highest BCUT2D eigenvalue weighted by Crippen LogP contribution is 2.51. The molecule has 2 aliphatic carbocycles. The first-order chi connectivity index (χ1) is 17.9. The maximum absolute atomic E-state index is 14.4. The lowest BCUT2D eigenvalue weighted by atomic mass is 9.95. The van der Waals surface area contributed by atoms with Crippen molar-refractivity contribution < 1.29 is 32.3 Å². The molecule has 3 fully saturated rings. The van der Waals surface area contributed by atoms with Gasteiger partial charge >= 0.3 is 0 Å². The van der Waals surface area contributed by atoms with E-state index in [1.807, 2.05) is 6.07 Å². The maximum Gasteiger partial charge on any atom is 0.268 e. The number of fused-ring (bicyclic) bond motifs is 1. The number of halogens is 4. The molecule has 0 bridgehead atoms. The van der Waals surface area contributed by atoms with Gasteiger partial charge in [0, 0.05) is 29.2 Å². The van der Waals surface area contributed by atoms with Crippen molar-refractivity contribution in [2.24, 2.45) is 11.8 Å². The van der Waals surface area contributed by atoms with E-state index in [4.69, 9.17) is 16.3 Å². The van der Waals surface area contributed by atoms with Crippen molar-refractivity contribution in [3.05, 3.63) is 28.7 Å². The van der Waals surface area contributed by atoms with Crippen molar-refractivity contribution in [1.29, 1.82) is 5.26 Å². The summed E-state index contributed by atoms with van der Waals surface area (Å²) in [5.74, 6) is -6.98. The highest BCUT2D eigenvalue weighted by molar-refractivity contribution is 6.33. The van der Waals surface area contributed by atoms with Gasteiger partial charge in [0.25, 0.3) is 11.8 Å². The normalized spacial score (nSPS) is 23.8. The van der Waals surface area contributed by atoms with Gasteiger partial charge in [0.15, 0.2) is 0 Å². The predicted octanol–water partition coefficient (Wildman–Crippen LogP) is 3.18. The van der Waals surface area contributed by atoms with E-state index >= 15 is 0 Å². The van der Waals surface area contributed by atoms with E-state index in [0.29, 0.717) is 6.42 Å². The number of aromatic nitrogens is 1. The predicted molar refractivity (Wildman–Crippen MR) is 129 cm³/mol. The van der Waals surface area contributed by atoms with Crippen LogP contribution in [0.3, 0.4) is 0 Å². The number of hydrogen-bond acceptors (Lipinski definition) is 5. The van der Waals surface area contributed by atoms with Crippen molar-refractivity contribution in [3.8, 4) is 11.8 Å². The molecule has 1 saturated heterocycles. The van der Waals surface area contributed by atoms with Crippen LogP contribution in [0.25, 0.3) is 10.9 Å². The Balaban J connectivity index is 1.31. The van der Waals surface area contributed by atoms with Gasteiger partial charge in [-0.2, -0.15) is 5.26 Å². The summed E-state index contributed by atoms with van der Waals surface area (Å²) in [5.41, 5.74) is -0.404. The molecule has 1 spiro atoms. The third-order valence-corrected chi connectivity index (χ3v) is 7.84. The molecule has 3 amide bonds. The van der Waals surface area contributed by atoms with Crippen LogP contribution in [-0.4, -0.2) is 53.4 Å². The number of rotatable bonds is 9. The summed E-state index contributed by atoms with van der Waals surface area (Å²) in [6.07, 6.45) is 1.60. The van der Waals surface area contributed by atoms with E-state index in [2.05, 4.69) is 20.9 Å². The summed E-state index contributed by atoms with van der Waals surface area (Å²) >= 11 is 6.01. The first kappa shape index (κ1) is 26.2. The molecule has 2 aromatic rings. The van der Waals surface area contributed by atoms with Gasteiger partial charge in [-0.25, -0.2) is 13.2 Å². The molecule has 38 heavy (non-hydrogen) atoms. The second-order valence-electron chi connectivity index (χ2n) is 10.4. The van der Waals surface area contributed by atoms with Gasteiger partial charge in [0.2, 0.25) is 11.8 Å². The number of hydrogen-bond donors (Lipinski definition) is 4. The fourth-order valence-electron chi connectivity index (χ4n) is 5.16. The SMILES string of the molecule is COc1c(Cl)cc(F)c2[nH]c(C(=O)N[C@@H](CC3CC3(F)F)C(=O)N[C@H](C#N)C[C@@H]3CC4(CC4)NC3=O)cc12. The number of methoxy groups -OCH3 is 1. The minimum Gasteiger partial charge on any atom is -0.494 e. The molecule has 0 radical (unpaired) electrons. The quantitative estimate of drug-likeness (QED) is 0.379. The van der Waals surface area contributed by atoms with Crippen molar-refractivity contribution in [1.82, 2.24) is 20.9 Å². The number of alkyl halides is 2. The molecule has 1 aromatic heterocycles. The zero-order valence-corrected chi connectivity index (χ0v) is 21.1. The lowest BCUT2D eigenvalue weighted by molar-refractivity contribution is -0.125. The molecule has 1 aromatic carbocycles. The molecule has 1 aliphatic heterocycles. The number of nitriles is 1. The van der Waals surface area contributed by atoms with Crippen LogP contribution >= 0.6 is 11.6 Å². The molecular formula is C25H25ClF3N5O4. The van der Waals surface area contributed by atoms with Gasteiger partial charge in [0.05, 0.1) is 23.7 Å². The Hall–Kier alpha value is -3.46. The summed E-state index contributed by atoms with van der Waals surface area (Å²) in [7, 11) is 1.33. The van der Waals surface area contributed by atoms with Crippen LogP contribution in [0.1, 0.15) is 49.0 Å². The summed E-state index contributed by atoms with van der Waals surface area (Å²) in [6, 6.07) is 1.79. The average molecular weight is 552 g/mol. The molecule has 5 rings (SSSR count). The number of nitrogens with one attached hydrogen (secondary N) is 4. The molecule has 202 valence electrons. The van der Waals surface area contributed by atoms with Crippen molar-refractivity contribution in [2.45, 2.75) is 62.1 Å². The van der Waals surface area contributed by atoms with Gasteiger partial charge in [-0.15, -0.1) is 0 Å². The van der Waals surface area contributed by atoms with Gasteiger partial charge in [-0.05, 0) is 44.2 Å². The average Bonchev–Trinajstić information content (AvgIpc) is 3.61. The van der Waals surface area contributed by atoms with E-state index in [0.717, 1.165) is 18.9 Å². The first-order valence-corrected chi connectivity index (χ1v) is 12.6. The Labute approximate surface area is 220 Å². The fraction of sp³-hybridized carbons (Fsp3) is 0.520. The number of nitrogens with zero attached hydrogens (tertiary/aromatic N) is 1. The molecule has 9 nitrogen and oxygen atoms in total. The lowest BCUT2D eigenvalue weighted by Crippen LogP contribution is -2.50. The molecule has 2 heterocycles. The largest absolute Gasteiger partial charge is 0.494 e. The van der Waals surface area contributed by atoms with Crippen LogP contribution in [-0.2, 0) is 9.59 Å². The lowest BCUT2D eigenvalue weighted by Gasteiger charge is -2.21. The number of carbonyl (C=O) groups is 3. The number of benzene rings is 1. The Bertz CT molecular complexity index is 1370. The van der Waals surface area contributed by atoms with Gasteiger partial charge < -0.3 is 25.7 Å². The molecule has 2 saturated carbocycles. The summed E-state index contributed by atoms with van der Waals surface area (Å²) in [6.45, 7) is 0. The van der Waals surface area contributed by atoms with Crippen LogP contribution in [0, 0.1) is 29.0 Å². The molecule has 1 unspecified atom stereocenters. The van der Waals surface area contributed by atoms with Crippen LogP contribution < -0.4 is 20.7 Å². The fourth-order valence-corrected chi connectivity index (χ4v) is 5.43. The minimum absolute atomic E-state index is 0.0113. The first-order valence-electron chi connectivity index (χ1n) is 12.2. The second-order valence-corrected chi connectivity index (χ2v) is 10.8. The van der Waals surface area contributed by atoms with Gasteiger partial charge in [0.1, 0.15) is 29.3 Å². The van der Waals surface area contributed by atoms with E-state index in [-0.39, 0.29) is 51.7 Å². The number of carbonyl (C=O) groups excluding carboxylic acids is 3. The van der Waals surface area contributed by atoms with Crippen LogP contribution in [0.5, 0.6) is 5.75 Å². The third-order valence-electron chi connectivity index (χ3n) is 7.56.